The fourth-order valence-electron chi connectivity index (χ4n) is 3.80. The number of methoxy groups -OCH3 is 1. The molecule has 2 N–H and O–H groups in total. The summed E-state index contributed by atoms with van der Waals surface area (Å²) in [5.41, 5.74) is 7.05. The van der Waals surface area contributed by atoms with Crippen LogP contribution in [0.5, 0.6) is 5.75 Å². The molecule has 1 amide bonds. The second-order valence-electron chi connectivity index (χ2n) is 5.82. The van der Waals surface area contributed by atoms with Gasteiger partial charge in [-0.3, -0.25) is 4.79 Å². The van der Waals surface area contributed by atoms with Crippen LogP contribution in [0.1, 0.15) is 42.5 Å². The maximum Gasteiger partial charge on any atom is 0.259 e. The lowest BCUT2D eigenvalue weighted by atomic mass is 9.91. The van der Waals surface area contributed by atoms with E-state index < -0.39 is 0 Å². The molecule has 4 heteroatoms. The van der Waals surface area contributed by atoms with Gasteiger partial charge in [0.15, 0.2) is 0 Å². The molecule has 0 radical (unpaired) electrons. The van der Waals surface area contributed by atoms with E-state index in [2.05, 4.69) is 0 Å². The normalized spacial score (nSPS) is 25.4. The summed E-state index contributed by atoms with van der Waals surface area (Å²) in [7, 11) is 1.58. The summed E-state index contributed by atoms with van der Waals surface area (Å²) in [5, 5.41) is 0. The van der Waals surface area contributed by atoms with Gasteiger partial charge in [-0.15, -0.1) is 0 Å². The Kier molecular flexibility index (Phi) is 3.55. The highest BCUT2D eigenvalue weighted by molar-refractivity contribution is 6.02. The number of benzene rings is 1. The Morgan fingerprint density at radius 3 is 2.90 bits per heavy atom. The molecule has 2 fully saturated rings. The largest absolute Gasteiger partial charge is 0.496 e. The number of ether oxygens (including phenoxy) is 1. The van der Waals surface area contributed by atoms with Crippen LogP contribution in [0.2, 0.25) is 0 Å². The van der Waals surface area contributed by atoms with E-state index in [1.165, 1.54) is 19.3 Å². The van der Waals surface area contributed by atoms with Gasteiger partial charge in [-0.25, -0.2) is 0 Å². The molecule has 0 bridgehead atoms. The van der Waals surface area contributed by atoms with Gasteiger partial charge in [-0.05, 0) is 43.7 Å². The first-order chi connectivity index (χ1) is 9.72. The van der Waals surface area contributed by atoms with Crippen molar-refractivity contribution in [3.63, 3.8) is 0 Å². The number of rotatable bonds is 2. The fourth-order valence-corrected chi connectivity index (χ4v) is 3.80. The molecule has 2 aliphatic rings. The number of piperidine rings is 1. The van der Waals surface area contributed by atoms with Gasteiger partial charge in [0.2, 0.25) is 0 Å². The van der Waals surface area contributed by atoms with Crippen molar-refractivity contribution < 1.29 is 9.53 Å². The molecule has 0 aromatic heterocycles. The predicted molar refractivity (Wildman–Crippen MR) is 78.8 cm³/mol. The molecular weight excluding hydrogens is 252 g/mol. The van der Waals surface area contributed by atoms with E-state index in [0.717, 1.165) is 19.4 Å². The number of hydrogen-bond donors (Lipinski definition) is 1. The summed E-state index contributed by atoms with van der Waals surface area (Å²) in [5.74, 6) is 1.30. The van der Waals surface area contributed by atoms with E-state index in [9.17, 15) is 4.79 Å². The van der Waals surface area contributed by atoms with Gasteiger partial charge in [0.05, 0.1) is 7.11 Å². The lowest BCUT2D eigenvalue weighted by Gasteiger charge is -2.38. The van der Waals surface area contributed by atoms with Crippen LogP contribution in [0.4, 0.5) is 5.69 Å². The van der Waals surface area contributed by atoms with Crippen LogP contribution in [0.15, 0.2) is 18.2 Å². The van der Waals surface area contributed by atoms with Crippen molar-refractivity contribution in [2.75, 3.05) is 19.4 Å². The molecule has 4 nitrogen and oxygen atoms in total. The topological polar surface area (TPSA) is 55.6 Å². The molecule has 1 heterocycles. The van der Waals surface area contributed by atoms with Crippen molar-refractivity contribution in [1.82, 2.24) is 4.90 Å². The van der Waals surface area contributed by atoms with Crippen molar-refractivity contribution in [2.24, 2.45) is 5.92 Å². The molecule has 0 spiro atoms. The minimum atomic E-state index is 0.0385. The van der Waals surface area contributed by atoms with Crippen LogP contribution in [0.3, 0.4) is 0 Å². The minimum absolute atomic E-state index is 0.0385. The zero-order valence-corrected chi connectivity index (χ0v) is 12.0. The number of amides is 1. The first kappa shape index (κ1) is 13.3. The van der Waals surface area contributed by atoms with Crippen molar-refractivity contribution >= 4 is 11.6 Å². The molecule has 1 saturated carbocycles. The number of nitrogens with zero attached hydrogens (tertiary/aromatic N) is 1. The number of likely N-dealkylation sites (tertiary alicyclic amines) is 1. The first-order valence-electron chi connectivity index (χ1n) is 7.46. The second kappa shape index (κ2) is 5.35. The summed E-state index contributed by atoms with van der Waals surface area (Å²) < 4.78 is 5.32. The Hall–Kier alpha value is -1.71. The Morgan fingerprint density at radius 1 is 1.30 bits per heavy atom. The van der Waals surface area contributed by atoms with E-state index in [0.29, 0.717) is 29.0 Å². The van der Waals surface area contributed by atoms with E-state index in [-0.39, 0.29) is 5.91 Å². The van der Waals surface area contributed by atoms with E-state index in [1.807, 2.05) is 11.0 Å². The molecule has 108 valence electrons. The third-order valence-corrected chi connectivity index (χ3v) is 4.75. The summed E-state index contributed by atoms with van der Waals surface area (Å²) in [6.45, 7) is 0.845. The molecule has 20 heavy (non-hydrogen) atoms. The van der Waals surface area contributed by atoms with Gasteiger partial charge in [-0.2, -0.15) is 0 Å². The number of carbonyl (C=O) groups excluding carboxylic acids is 1. The molecule has 1 aliphatic heterocycles. The SMILES string of the molecule is COc1cccc(N)c1C(=O)N1CCCC2CCCC21. The lowest BCUT2D eigenvalue weighted by molar-refractivity contribution is 0.0546. The molecule has 1 aromatic rings. The maximum atomic E-state index is 12.9. The highest BCUT2D eigenvalue weighted by atomic mass is 16.5. The van der Waals surface area contributed by atoms with Crippen LogP contribution in [-0.2, 0) is 0 Å². The predicted octanol–water partition coefficient (Wildman–Crippen LogP) is 2.68. The number of nitrogen functional groups attached to an aromatic ring is 1. The molecular formula is C16H22N2O2. The summed E-state index contributed by atoms with van der Waals surface area (Å²) in [4.78, 5) is 14.9. The smallest absolute Gasteiger partial charge is 0.259 e. The monoisotopic (exact) mass is 274 g/mol. The van der Waals surface area contributed by atoms with Crippen molar-refractivity contribution in [3.05, 3.63) is 23.8 Å². The average Bonchev–Trinajstić information content (AvgIpc) is 2.94. The van der Waals surface area contributed by atoms with E-state index in [1.54, 1.807) is 19.2 Å². The molecule has 1 aliphatic carbocycles. The zero-order valence-electron chi connectivity index (χ0n) is 12.0. The Labute approximate surface area is 119 Å². The Balaban J connectivity index is 1.92. The third kappa shape index (κ3) is 2.13. The van der Waals surface area contributed by atoms with Crippen LogP contribution in [0.25, 0.3) is 0 Å². The molecule has 2 unspecified atom stereocenters. The van der Waals surface area contributed by atoms with Crippen LogP contribution in [0, 0.1) is 5.92 Å². The van der Waals surface area contributed by atoms with Crippen molar-refractivity contribution in [3.8, 4) is 5.75 Å². The minimum Gasteiger partial charge on any atom is -0.496 e. The van der Waals surface area contributed by atoms with Crippen molar-refractivity contribution in [2.45, 2.75) is 38.1 Å². The number of carbonyl (C=O) groups is 1. The standard InChI is InChI=1S/C16H22N2O2/c1-20-14-9-3-7-12(17)15(14)16(19)18-10-4-6-11-5-2-8-13(11)18/h3,7,9,11,13H,2,4-6,8,10,17H2,1H3. The van der Waals surface area contributed by atoms with Crippen molar-refractivity contribution in [1.29, 1.82) is 0 Å². The van der Waals surface area contributed by atoms with Gasteiger partial charge >= 0.3 is 0 Å². The van der Waals surface area contributed by atoms with Gasteiger partial charge in [0.25, 0.3) is 5.91 Å². The quantitative estimate of drug-likeness (QED) is 0.844. The number of anilines is 1. The van der Waals surface area contributed by atoms with E-state index >= 15 is 0 Å². The fraction of sp³-hybridized carbons (Fsp3) is 0.562. The summed E-state index contributed by atoms with van der Waals surface area (Å²) >= 11 is 0. The van der Waals surface area contributed by atoms with Crippen LogP contribution >= 0.6 is 0 Å². The molecule has 1 saturated heterocycles. The zero-order chi connectivity index (χ0) is 14.1. The van der Waals surface area contributed by atoms with Crippen LogP contribution in [-0.4, -0.2) is 30.5 Å². The van der Waals surface area contributed by atoms with E-state index in [4.69, 9.17) is 10.5 Å². The highest BCUT2D eigenvalue weighted by Crippen LogP contribution is 2.38. The molecule has 2 atom stereocenters. The molecule has 1 aromatic carbocycles. The maximum absolute atomic E-state index is 12.9. The van der Waals surface area contributed by atoms with Gasteiger partial charge in [0.1, 0.15) is 11.3 Å². The van der Waals surface area contributed by atoms with Gasteiger partial charge < -0.3 is 15.4 Å². The first-order valence-corrected chi connectivity index (χ1v) is 7.46. The average molecular weight is 274 g/mol. The second-order valence-corrected chi connectivity index (χ2v) is 5.82. The number of nitrogens with two attached hydrogens (primary N) is 1. The van der Waals surface area contributed by atoms with Gasteiger partial charge in [0, 0.05) is 18.3 Å². The Morgan fingerprint density at radius 2 is 2.10 bits per heavy atom. The Bertz CT molecular complexity index is 515. The summed E-state index contributed by atoms with van der Waals surface area (Å²) in [6, 6.07) is 5.80. The number of fused-ring (bicyclic) bond motifs is 1. The van der Waals surface area contributed by atoms with Gasteiger partial charge in [-0.1, -0.05) is 12.5 Å². The van der Waals surface area contributed by atoms with Crippen LogP contribution < -0.4 is 10.5 Å². The third-order valence-electron chi connectivity index (χ3n) is 4.75. The number of hydrogen-bond acceptors (Lipinski definition) is 3. The lowest BCUT2D eigenvalue weighted by Crippen LogP contribution is -2.46. The molecule has 3 rings (SSSR count). The highest BCUT2D eigenvalue weighted by Gasteiger charge is 2.38. The summed E-state index contributed by atoms with van der Waals surface area (Å²) in [6.07, 6.45) is 5.99.